The Kier molecular flexibility index (Phi) is 6.74. The van der Waals surface area contributed by atoms with Crippen molar-refractivity contribution in [1.82, 2.24) is 9.47 Å². The van der Waals surface area contributed by atoms with E-state index in [0.29, 0.717) is 0 Å². The molecule has 0 spiro atoms. The van der Waals surface area contributed by atoms with Crippen molar-refractivity contribution in [1.29, 1.82) is 0 Å². The van der Waals surface area contributed by atoms with Gasteiger partial charge in [-0.05, 0) is 58.0 Å². The number of nitrogens with one attached hydrogen (secondary N) is 1. The van der Waals surface area contributed by atoms with E-state index in [1.807, 2.05) is 27.7 Å². The Labute approximate surface area is 172 Å². The molecule has 0 aliphatic carbocycles. The van der Waals surface area contributed by atoms with Crippen LogP contribution in [0.4, 0.5) is 18.9 Å². The van der Waals surface area contributed by atoms with Crippen LogP contribution in [-0.2, 0) is 13.2 Å². The van der Waals surface area contributed by atoms with Gasteiger partial charge in [-0.15, -0.1) is 0 Å². The summed E-state index contributed by atoms with van der Waals surface area (Å²) in [7, 11) is 1.45. The molecule has 1 heterocycles. The molecule has 0 saturated heterocycles. The summed E-state index contributed by atoms with van der Waals surface area (Å²) in [4.78, 5) is 39.4. The fourth-order valence-corrected chi connectivity index (χ4v) is 3.14. The maximum absolute atomic E-state index is 12.9. The summed E-state index contributed by atoms with van der Waals surface area (Å²) in [6, 6.07) is 4.74. The van der Waals surface area contributed by atoms with Crippen molar-refractivity contribution in [2.45, 2.75) is 46.0 Å². The van der Waals surface area contributed by atoms with Gasteiger partial charge in [-0.2, -0.15) is 13.2 Å². The molecule has 2 aromatic rings. The molecule has 2 amide bonds. The van der Waals surface area contributed by atoms with E-state index in [1.165, 1.54) is 23.9 Å². The van der Waals surface area contributed by atoms with Crippen LogP contribution in [0.2, 0.25) is 0 Å². The van der Waals surface area contributed by atoms with Crippen molar-refractivity contribution in [3.8, 4) is 0 Å². The van der Waals surface area contributed by atoms with Gasteiger partial charge in [-0.1, -0.05) is 0 Å². The molecule has 162 valence electrons. The molecule has 1 aromatic carbocycles. The first-order valence-corrected chi connectivity index (χ1v) is 9.35. The summed E-state index contributed by atoms with van der Waals surface area (Å²) in [5.74, 6) is -1.06. The van der Waals surface area contributed by atoms with E-state index in [4.69, 9.17) is 0 Å². The van der Waals surface area contributed by atoms with Crippen LogP contribution in [0.1, 0.15) is 54.0 Å². The molecule has 1 aromatic heterocycles. The zero-order valence-electron chi connectivity index (χ0n) is 17.4. The molecule has 0 aliphatic rings. The molecule has 0 unspecified atom stereocenters. The van der Waals surface area contributed by atoms with Crippen LogP contribution in [0.5, 0.6) is 0 Å². The van der Waals surface area contributed by atoms with Crippen LogP contribution in [0.15, 0.2) is 41.3 Å². The standard InChI is InChI=1S/C21H24F3N3O3/c1-12(2)27(13(3)4)19(29)15-10-17(20(30)26(5)11-15)25-18(28)14-6-8-16(9-7-14)21(22,23)24/h6-13H,1-5H3,(H,25,28). The van der Waals surface area contributed by atoms with Gasteiger partial charge >= 0.3 is 6.18 Å². The van der Waals surface area contributed by atoms with Gasteiger partial charge in [0.1, 0.15) is 5.69 Å². The van der Waals surface area contributed by atoms with Gasteiger partial charge < -0.3 is 14.8 Å². The second kappa shape index (κ2) is 8.73. The van der Waals surface area contributed by atoms with Crippen LogP contribution in [0.25, 0.3) is 0 Å². The lowest BCUT2D eigenvalue weighted by Crippen LogP contribution is -2.42. The number of carbonyl (C=O) groups is 2. The normalized spacial score (nSPS) is 11.7. The van der Waals surface area contributed by atoms with Gasteiger partial charge in [0.05, 0.1) is 11.1 Å². The highest BCUT2D eigenvalue weighted by atomic mass is 19.4. The van der Waals surface area contributed by atoms with Crippen LogP contribution in [0, 0.1) is 0 Å². The summed E-state index contributed by atoms with van der Waals surface area (Å²) < 4.78 is 39.2. The third kappa shape index (κ3) is 5.08. The fraction of sp³-hybridized carbons (Fsp3) is 0.381. The number of aromatic nitrogens is 1. The van der Waals surface area contributed by atoms with Crippen LogP contribution in [0.3, 0.4) is 0 Å². The zero-order chi connectivity index (χ0) is 22.8. The van der Waals surface area contributed by atoms with Crippen molar-refractivity contribution in [3.63, 3.8) is 0 Å². The Morgan fingerprint density at radius 3 is 2.00 bits per heavy atom. The van der Waals surface area contributed by atoms with Gasteiger partial charge in [0.25, 0.3) is 17.4 Å². The molecule has 0 fully saturated rings. The highest BCUT2D eigenvalue weighted by Gasteiger charge is 2.30. The summed E-state index contributed by atoms with van der Waals surface area (Å²) >= 11 is 0. The number of halogens is 3. The minimum Gasteiger partial charge on any atom is -0.334 e. The first-order chi connectivity index (χ1) is 13.8. The van der Waals surface area contributed by atoms with E-state index in [9.17, 15) is 27.6 Å². The molecule has 9 heteroatoms. The Morgan fingerprint density at radius 2 is 1.53 bits per heavy atom. The second-order valence-electron chi connectivity index (χ2n) is 7.49. The predicted octanol–water partition coefficient (Wildman–Crippen LogP) is 3.92. The summed E-state index contributed by atoms with van der Waals surface area (Å²) in [6.07, 6.45) is -3.13. The maximum Gasteiger partial charge on any atom is 0.416 e. The van der Waals surface area contributed by atoms with Crippen molar-refractivity contribution >= 4 is 17.5 Å². The van der Waals surface area contributed by atoms with E-state index in [2.05, 4.69) is 5.32 Å². The Hall–Kier alpha value is -3.10. The van der Waals surface area contributed by atoms with Gasteiger partial charge in [0, 0.05) is 30.9 Å². The number of amides is 2. The molecule has 30 heavy (non-hydrogen) atoms. The average Bonchev–Trinajstić information content (AvgIpc) is 2.63. The summed E-state index contributed by atoms with van der Waals surface area (Å²) in [6.45, 7) is 7.47. The van der Waals surface area contributed by atoms with Crippen LogP contribution < -0.4 is 10.9 Å². The monoisotopic (exact) mass is 423 g/mol. The number of aryl methyl sites for hydroxylation is 1. The number of anilines is 1. The third-order valence-corrected chi connectivity index (χ3v) is 4.50. The highest BCUT2D eigenvalue weighted by Crippen LogP contribution is 2.29. The van der Waals surface area contributed by atoms with Gasteiger partial charge in [0.2, 0.25) is 0 Å². The molecule has 0 saturated carbocycles. The first-order valence-electron chi connectivity index (χ1n) is 9.35. The lowest BCUT2D eigenvalue weighted by molar-refractivity contribution is -0.137. The van der Waals surface area contributed by atoms with E-state index < -0.39 is 23.2 Å². The molecule has 0 aliphatic heterocycles. The smallest absolute Gasteiger partial charge is 0.334 e. The molecule has 1 N–H and O–H groups in total. The van der Waals surface area contributed by atoms with E-state index in [1.54, 1.807) is 4.90 Å². The van der Waals surface area contributed by atoms with E-state index in [-0.39, 0.29) is 34.8 Å². The molecule has 6 nitrogen and oxygen atoms in total. The van der Waals surface area contributed by atoms with Gasteiger partial charge in [-0.3, -0.25) is 14.4 Å². The fourth-order valence-electron chi connectivity index (χ4n) is 3.14. The van der Waals surface area contributed by atoms with Crippen molar-refractivity contribution in [3.05, 3.63) is 63.6 Å². The number of pyridine rings is 1. The molecular formula is C21H24F3N3O3. The van der Waals surface area contributed by atoms with Crippen LogP contribution >= 0.6 is 0 Å². The Bertz CT molecular complexity index is 985. The minimum absolute atomic E-state index is 0.0484. The quantitative estimate of drug-likeness (QED) is 0.793. The summed E-state index contributed by atoms with van der Waals surface area (Å²) in [5.41, 5.74) is -1.41. The number of carbonyl (C=O) groups excluding carboxylic acids is 2. The van der Waals surface area contributed by atoms with Crippen LogP contribution in [-0.4, -0.2) is 33.4 Å². The topological polar surface area (TPSA) is 71.4 Å². The minimum atomic E-state index is -4.52. The number of alkyl halides is 3. The number of rotatable bonds is 5. The number of hydrogen-bond acceptors (Lipinski definition) is 3. The predicted molar refractivity (Wildman–Crippen MR) is 108 cm³/mol. The molecular weight excluding hydrogens is 399 g/mol. The van der Waals surface area contributed by atoms with Gasteiger partial charge in [0.15, 0.2) is 0 Å². The summed E-state index contributed by atoms with van der Waals surface area (Å²) in [5, 5.41) is 2.39. The first kappa shape index (κ1) is 23.2. The van der Waals surface area contributed by atoms with Crippen molar-refractivity contribution in [2.75, 3.05) is 5.32 Å². The third-order valence-electron chi connectivity index (χ3n) is 4.50. The Balaban J connectivity index is 2.35. The van der Waals surface area contributed by atoms with Gasteiger partial charge in [-0.25, -0.2) is 0 Å². The lowest BCUT2D eigenvalue weighted by atomic mass is 10.1. The maximum atomic E-state index is 12.9. The SMILES string of the molecule is CC(C)N(C(=O)c1cc(NC(=O)c2ccc(C(F)(F)F)cc2)c(=O)n(C)c1)C(C)C. The van der Waals surface area contributed by atoms with Crippen molar-refractivity contribution in [2.24, 2.45) is 7.05 Å². The zero-order valence-corrected chi connectivity index (χ0v) is 17.4. The second-order valence-corrected chi connectivity index (χ2v) is 7.49. The highest BCUT2D eigenvalue weighted by molar-refractivity contribution is 6.05. The lowest BCUT2D eigenvalue weighted by Gasteiger charge is -2.31. The number of hydrogen-bond donors (Lipinski definition) is 1. The average molecular weight is 423 g/mol. The molecule has 0 bridgehead atoms. The Morgan fingerprint density at radius 1 is 1.00 bits per heavy atom. The number of benzene rings is 1. The molecule has 2 rings (SSSR count). The van der Waals surface area contributed by atoms with E-state index >= 15 is 0 Å². The van der Waals surface area contributed by atoms with E-state index in [0.717, 1.165) is 24.3 Å². The largest absolute Gasteiger partial charge is 0.416 e. The van der Waals surface area contributed by atoms with Crippen molar-refractivity contribution < 1.29 is 22.8 Å². The molecule has 0 radical (unpaired) electrons. The number of nitrogens with zero attached hydrogens (tertiary/aromatic N) is 2. The molecule has 0 atom stereocenters.